The molecule has 0 saturated carbocycles. The number of unbranched alkanes of at least 4 members (excludes halogenated alkanes) is 1. The molecule has 1 saturated heterocycles. The minimum atomic E-state index is 0. The number of hydrogen-bond acceptors (Lipinski definition) is 4. The van der Waals surface area contributed by atoms with Gasteiger partial charge in [-0.3, -0.25) is 4.99 Å². The molecule has 0 atom stereocenters. The Morgan fingerprint density at radius 2 is 1.97 bits per heavy atom. The number of rotatable bonds is 11. The second-order valence-corrected chi connectivity index (χ2v) is 7.58. The Morgan fingerprint density at radius 3 is 2.69 bits per heavy atom. The van der Waals surface area contributed by atoms with Crippen molar-refractivity contribution < 1.29 is 9.47 Å². The van der Waals surface area contributed by atoms with E-state index in [9.17, 15) is 0 Å². The lowest BCUT2D eigenvalue weighted by atomic mass is 9.99. The fraction of sp³-hybridized carbons (Fsp3) is 0.682. The summed E-state index contributed by atoms with van der Waals surface area (Å²) in [6, 6.07) is 7.97. The maximum Gasteiger partial charge on any atom is 0.195 e. The van der Waals surface area contributed by atoms with Gasteiger partial charge in [-0.1, -0.05) is 13.0 Å². The van der Waals surface area contributed by atoms with Crippen LogP contribution in [0.25, 0.3) is 0 Å². The monoisotopic (exact) mass is 518 g/mol. The third-order valence-electron chi connectivity index (χ3n) is 5.15. The van der Waals surface area contributed by atoms with Crippen LogP contribution in [0.5, 0.6) is 5.75 Å². The van der Waals surface area contributed by atoms with Gasteiger partial charge in [-0.25, -0.2) is 0 Å². The Kier molecular flexibility index (Phi) is 14.1. The number of methoxy groups -OCH3 is 1. The van der Waals surface area contributed by atoms with Crippen LogP contribution < -0.4 is 15.4 Å². The number of piperidine rings is 1. The summed E-state index contributed by atoms with van der Waals surface area (Å²) in [5.74, 6) is 2.55. The number of benzene rings is 1. The van der Waals surface area contributed by atoms with Gasteiger partial charge < -0.3 is 25.0 Å². The summed E-state index contributed by atoms with van der Waals surface area (Å²) in [4.78, 5) is 6.92. The third-order valence-corrected chi connectivity index (χ3v) is 5.15. The first-order valence-corrected chi connectivity index (χ1v) is 10.6. The molecule has 0 amide bonds. The van der Waals surface area contributed by atoms with Crippen LogP contribution in [-0.4, -0.2) is 64.4 Å². The van der Waals surface area contributed by atoms with E-state index in [0.29, 0.717) is 13.2 Å². The van der Waals surface area contributed by atoms with Crippen molar-refractivity contribution in [3.63, 3.8) is 0 Å². The average Bonchev–Trinajstić information content (AvgIpc) is 2.72. The molecule has 0 aromatic heterocycles. The van der Waals surface area contributed by atoms with Crippen LogP contribution in [-0.2, 0) is 4.74 Å². The van der Waals surface area contributed by atoms with E-state index in [4.69, 9.17) is 9.47 Å². The predicted octanol–water partition coefficient (Wildman–Crippen LogP) is 4.22. The number of hydrogen-bond donors (Lipinski definition) is 2. The molecule has 1 aliphatic heterocycles. The standard InChI is InChI=1S/C22H38N4O2.HI/c1-19-10-14-26(15-11-19)13-5-4-12-24-22(23-2)25-20-8-6-9-21(18-20)28-17-7-16-27-3;/h6,8-9,18-19H,4-5,7,10-17H2,1-3H3,(H2,23,24,25);1H. The number of anilines is 1. The van der Waals surface area contributed by atoms with Gasteiger partial charge >= 0.3 is 0 Å². The summed E-state index contributed by atoms with van der Waals surface area (Å²) >= 11 is 0. The molecular weight excluding hydrogens is 479 g/mol. The SMILES string of the molecule is CN=C(NCCCCN1CCC(C)CC1)Nc1cccc(OCCCOC)c1.I. The van der Waals surface area contributed by atoms with E-state index in [1.54, 1.807) is 14.2 Å². The molecule has 2 N–H and O–H groups in total. The first-order chi connectivity index (χ1) is 13.7. The maximum atomic E-state index is 5.76. The number of likely N-dealkylation sites (tertiary alicyclic amines) is 1. The van der Waals surface area contributed by atoms with Crippen molar-refractivity contribution in [1.29, 1.82) is 0 Å². The second kappa shape index (κ2) is 15.7. The average molecular weight is 518 g/mol. The van der Waals surface area contributed by atoms with E-state index in [1.807, 2.05) is 24.3 Å². The predicted molar refractivity (Wildman–Crippen MR) is 133 cm³/mol. The van der Waals surface area contributed by atoms with Gasteiger partial charge in [0.1, 0.15) is 5.75 Å². The van der Waals surface area contributed by atoms with E-state index >= 15 is 0 Å². The van der Waals surface area contributed by atoms with Crippen molar-refractivity contribution in [2.45, 2.75) is 39.0 Å². The Hall–Kier alpha value is -1.06. The highest BCUT2D eigenvalue weighted by molar-refractivity contribution is 14.0. The number of halogens is 1. The fourth-order valence-corrected chi connectivity index (χ4v) is 3.33. The smallest absolute Gasteiger partial charge is 0.195 e. The third kappa shape index (κ3) is 11.1. The van der Waals surface area contributed by atoms with Crippen LogP contribution in [0.1, 0.15) is 39.0 Å². The molecule has 1 aliphatic rings. The van der Waals surface area contributed by atoms with Gasteiger partial charge in [-0.05, 0) is 63.4 Å². The fourth-order valence-electron chi connectivity index (χ4n) is 3.33. The van der Waals surface area contributed by atoms with E-state index in [2.05, 4.69) is 27.4 Å². The largest absolute Gasteiger partial charge is 0.493 e. The summed E-state index contributed by atoms with van der Waals surface area (Å²) in [7, 11) is 3.51. The van der Waals surface area contributed by atoms with E-state index in [0.717, 1.165) is 42.7 Å². The Morgan fingerprint density at radius 1 is 1.17 bits per heavy atom. The second-order valence-electron chi connectivity index (χ2n) is 7.58. The lowest BCUT2D eigenvalue weighted by Crippen LogP contribution is -2.34. The van der Waals surface area contributed by atoms with Gasteiger partial charge in [0.05, 0.1) is 6.61 Å². The van der Waals surface area contributed by atoms with Crippen molar-refractivity contribution in [2.24, 2.45) is 10.9 Å². The molecule has 0 unspecified atom stereocenters. The summed E-state index contributed by atoms with van der Waals surface area (Å²) in [6.07, 6.45) is 5.96. The molecule has 0 spiro atoms. The highest BCUT2D eigenvalue weighted by Crippen LogP contribution is 2.18. The summed E-state index contributed by atoms with van der Waals surface area (Å²) < 4.78 is 10.8. The summed E-state index contributed by atoms with van der Waals surface area (Å²) in [5.41, 5.74) is 0.972. The number of guanidine groups is 1. The van der Waals surface area contributed by atoms with Crippen LogP contribution in [0.4, 0.5) is 5.69 Å². The van der Waals surface area contributed by atoms with Crippen molar-refractivity contribution in [1.82, 2.24) is 10.2 Å². The molecule has 1 aromatic rings. The number of aliphatic imine (C=N–C) groups is 1. The van der Waals surface area contributed by atoms with Gasteiger partial charge in [-0.15, -0.1) is 24.0 Å². The van der Waals surface area contributed by atoms with Gasteiger partial charge in [-0.2, -0.15) is 0 Å². The molecule has 29 heavy (non-hydrogen) atoms. The highest BCUT2D eigenvalue weighted by Gasteiger charge is 2.14. The first-order valence-electron chi connectivity index (χ1n) is 10.6. The van der Waals surface area contributed by atoms with Crippen molar-refractivity contribution in [2.75, 3.05) is 58.9 Å². The summed E-state index contributed by atoms with van der Waals surface area (Å²) in [5, 5.41) is 6.74. The van der Waals surface area contributed by atoms with Crippen LogP contribution >= 0.6 is 24.0 Å². The minimum Gasteiger partial charge on any atom is -0.493 e. The molecule has 7 heteroatoms. The molecule has 2 rings (SSSR count). The van der Waals surface area contributed by atoms with Gasteiger partial charge in [0, 0.05) is 45.5 Å². The zero-order valence-electron chi connectivity index (χ0n) is 18.3. The van der Waals surface area contributed by atoms with E-state index in [-0.39, 0.29) is 24.0 Å². The highest BCUT2D eigenvalue weighted by atomic mass is 127. The van der Waals surface area contributed by atoms with Gasteiger partial charge in [0.15, 0.2) is 5.96 Å². The Balaban J connectivity index is 0.00000420. The molecular formula is C22H39IN4O2. The van der Waals surface area contributed by atoms with Gasteiger partial charge in [0.25, 0.3) is 0 Å². The normalized spacial score (nSPS) is 15.6. The number of nitrogens with zero attached hydrogens (tertiary/aromatic N) is 2. The summed E-state index contributed by atoms with van der Waals surface area (Å²) in [6.45, 7) is 8.40. The lowest BCUT2D eigenvalue weighted by Gasteiger charge is -2.30. The van der Waals surface area contributed by atoms with Crippen molar-refractivity contribution in [3.8, 4) is 5.75 Å². The molecule has 1 aromatic carbocycles. The molecule has 166 valence electrons. The van der Waals surface area contributed by atoms with Crippen molar-refractivity contribution >= 4 is 35.6 Å². The molecule has 1 heterocycles. The minimum absolute atomic E-state index is 0. The lowest BCUT2D eigenvalue weighted by molar-refractivity contribution is 0.172. The number of nitrogens with one attached hydrogen (secondary N) is 2. The molecule has 0 radical (unpaired) electrons. The Bertz CT molecular complexity index is 578. The van der Waals surface area contributed by atoms with Crippen LogP contribution in [0.2, 0.25) is 0 Å². The van der Waals surface area contributed by atoms with Crippen LogP contribution in [0.3, 0.4) is 0 Å². The molecule has 0 bridgehead atoms. The van der Waals surface area contributed by atoms with Crippen molar-refractivity contribution in [3.05, 3.63) is 24.3 Å². The molecule has 0 aliphatic carbocycles. The first kappa shape index (κ1) is 26.0. The topological polar surface area (TPSA) is 58.1 Å². The zero-order chi connectivity index (χ0) is 20.0. The van der Waals surface area contributed by atoms with E-state index < -0.39 is 0 Å². The Labute approximate surface area is 193 Å². The van der Waals surface area contributed by atoms with Gasteiger partial charge in [0.2, 0.25) is 0 Å². The van der Waals surface area contributed by atoms with Crippen LogP contribution in [0, 0.1) is 5.92 Å². The zero-order valence-corrected chi connectivity index (χ0v) is 20.6. The van der Waals surface area contributed by atoms with Crippen LogP contribution in [0.15, 0.2) is 29.3 Å². The number of ether oxygens (including phenoxy) is 2. The van der Waals surface area contributed by atoms with E-state index in [1.165, 1.54) is 38.9 Å². The maximum absolute atomic E-state index is 5.76. The molecule has 6 nitrogen and oxygen atoms in total. The quantitative estimate of drug-likeness (QED) is 0.199. The molecule has 1 fully saturated rings.